The molecule has 2 rings (SSSR count). The average Bonchev–Trinajstić information content (AvgIpc) is 2.71. The van der Waals surface area contributed by atoms with Crippen molar-refractivity contribution in [3.63, 3.8) is 0 Å². The van der Waals surface area contributed by atoms with Gasteiger partial charge in [-0.2, -0.15) is 0 Å². The molecule has 2 aromatic rings. The minimum Gasteiger partial charge on any atom is -0.505 e. The maximum absolute atomic E-state index is 11.4. The molecule has 1 N–H and O–H groups in total. The molecule has 0 spiro atoms. The number of esters is 1. The molecule has 0 saturated heterocycles. The highest BCUT2D eigenvalue weighted by Crippen LogP contribution is 2.29. The molecule has 0 bridgehead atoms. The molecule has 0 amide bonds. The largest absolute Gasteiger partial charge is 0.505 e. The molecule has 88 valence electrons. The lowest BCUT2D eigenvalue weighted by Crippen LogP contribution is -1.97. The van der Waals surface area contributed by atoms with Crippen molar-refractivity contribution in [2.75, 3.05) is 7.11 Å². The van der Waals surface area contributed by atoms with Gasteiger partial charge in [-0.05, 0) is 13.0 Å². The molecular formula is C11H10N2O3S. The maximum atomic E-state index is 11.4. The highest BCUT2D eigenvalue weighted by Gasteiger charge is 2.15. The van der Waals surface area contributed by atoms with E-state index in [0.29, 0.717) is 10.7 Å². The lowest BCUT2D eigenvalue weighted by molar-refractivity contribution is 0.0606. The van der Waals surface area contributed by atoms with Gasteiger partial charge in [0.25, 0.3) is 0 Å². The Morgan fingerprint density at radius 1 is 1.41 bits per heavy atom. The fourth-order valence-corrected chi connectivity index (χ4v) is 2.30. The van der Waals surface area contributed by atoms with Gasteiger partial charge < -0.3 is 9.84 Å². The lowest BCUT2D eigenvalue weighted by Gasteiger charge is -1.97. The predicted octanol–water partition coefficient (Wildman–Crippen LogP) is 2.01. The Kier molecular flexibility index (Phi) is 3.06. The highest BCUT2D eigenvalue weighted by atomic mass is 32.1. The normalized spacial score (nSPS) is 10.2. The van der Waals surface area contributed by atoms with Crippen LogP contribution in [0.5, 0.6) is 5.75 Å². The van der Waals surface area contributed by atoms with Gasteiger partial charge in [0.15, 0.2) is 11.6 Å². The van der Waals surface area contributed by atoms with Crippen molar-refractivity contribution in [3.8, 4) is 17.1 Å². The molecule has 0 aliphatic rings. The van der Waals surface area contributed by atoms with Gasteiger partial charge in [-0.1, -0.05) is 0 Å². The number of aryl methyl sites for hydroxylation is 1. The first-order valence-corrected chi connectivity index (χ1v) is 5.63. The van der Waals surface area contributed by atoms with E-state index >= 15 is 0 Å². The van der Waals surface area contributed by atoms with E-state index < -0.39 is 0 Å². The molecule has 17 heavy (non-hydrogen) atoms. The van der Waals surface area contributed by atoms with Crippen LogP contribution >= 0.6 is 11.3 Å². The van der Waals surface area contributed by atoms with E-state index in [9.17, 15) is 4.79 Å². The number of carbonyl (C=O) groups is 1. The Hall–Kier alpha value is -1.95. The summed E-state index contributed by atoms with van der Waals surface area (Å²) in [4.78, 5) is 20.8. The molecule has 2 heterocycles. The van der Waals surface area contributed by atoms with Gasteiger partial charge in [0.05, 0.1) is 19.5 Å². The molecule has 0 unspecified atom stereocenters. The summed E-state index contributed by atoms with van der Waals surface area (Å²) < 4.78 is 4.65. The number of rotatable bonds is 2. The Labute approximate surface area is 102 Å². The van der Waals surface area contributed by atoms with Crippen molar-refractivity contribution >= 4 is 17.3 Å². The Morgan fingerprint density at radius 2 is 2.06 bits per heavy atom. The summed E-state index contributed by atoms with van der Waals surface area (Å²) in [5, 5.41) is 9.11. The van der Waals surface area contributed by atoms with Gasteiger partial charge in [0, 0.05) is 10.4 Å². The number of carbonyl (C=O) groups excluding carboxylic acids is 1. The number of aromatic nitrogens is 2. The van der Waals surface area contributed by atoms with Crippen LogP contribution in [-0.2, 0) is 4.74 Å². The van der Waals surface area contributed by atoms with Gasteiger partial charge in [0.2, 0.25) is 0 Å². The van der Waals surface area contributed by atoms with Crippen molar-refractivity contribution in [3.05, 3.63) is 28.2 Å². The zero-order valence-corrected chi connectivity index (χ0v) is 10.1. The third kappa shape index (κ3) is 2.26. The quantitative estimate of drug-likeness (QED) is 0.825. The molecule has 6 heteroatoms. The molecule has 0 aliphatic carbocycles. The predicted molar refractivity (Wildman–Crippen MR) is 63.1 cm³/mol. The van der Waals surface area contributed by atoms with E-state index in [1.165, 1.54) is 30.8 Å². The van der Waals surface area contributed by atoms with Crippen LogP contribution in [0.2, 0.25) is 0 Å². The molecule has 0 fully saturated rings. The van der Waals surface area contributed by atoms with Crippen molar-refractivity contribution < 1.29 is 14.6 Å². The van der Waals surface area contributed by atoms with Crippen LogP contribution in [0.4, 0.5) is 0 Å². The molecule has 0 saturated carbocycles. The van der Waals surface area contributed by atoms with Gasteiger partial charge in [0.1, 0.15) is 4.88 Å². The lowest BCUT2D eigenvalue weighted by atomic mass is 10.2. The van der Waals surface area contributed by atoms with Crippen molar-refractivity contribution in [2.24, 2.45) is 0 Å². The Morgan fingerprint density at radius 3 is 2.65 bits per heavy atom. The van der Waals surface area contributed by atoms with Crippen LogP contribution in [0.25, 0.3) is 11.4 Å². The third-order valence-corrected chi connectivity index (χ3v) is 3.21. The minimum absolute atomic E-state index is 0.00910. The first kappa shape index (κ1) is 11.5. The second-order valence-electron chi connectivity index (χ2n) is 3.34. The van der Waals surface area contributed by atoms with E-state index in [1.54, 1.807) is 6.07 Å². The van der Waals surface area contributed by atoms with Crippen LogP contribution < -0.4 is 0 Å². The van der Waals surface area contributed by atoms with E-state index in [2.05, 4.69) is 14.7 Å². The topological polar surface area (TPSA) is 72.3 Å². The summed E-state index contributed by atoms with van der Waals surface area (Å²) in [6.07, 6.45) is 2.63. The molecule has 5 nitrogen and oxygen atoms in total. The minimum atomic E-state index is -0.372. The summed E-state index contributed by atoms with van der Waals surface area (Å²) in [5.41, 5.74) is 0.774. The van der Waals surface area contributed by atoms with E-state index in [1.807, 2.05) is 6.92 Å². The zero-order chi connectivity index (χ0) is 12.4. The third-order valence-electron chi connectivity index (χ3n) is 2.18. The summed E-state index contributed by atoms with van der Waals surface area (Å²) in [6, 6.07) is 1.69. The van der Waals surface area contributed by atoms with Crippen LogP contribution in [0.3, 0.4) is 0 Å². The van der Waals surface area contributed by atoms with Crippen LogP contribution in [0.15, 0.2) is 18.5 Å². The number of nitrogens with zero attached hydrogens (tertiary/aromatic N) is 2. The van der Waals surface area contributed by atoms with Gasteiger partial charge in [-0.15, -0.1) is 11.3 Å². The molecule has 0 radical (unpaired) electrons. The van der Waals surface area contributed by atoms with E-state index in [-0.39, 0.29) is 11.7 Å². The summed E-state index contributed by atoms with van der Waals surface area (Å²) >= 11 is 1.33. The summed E-state index contributed by atoms with van der Waals surface area (Å²) in [6.45, 7) is 1.88. The van der Waals surface area contributed by atoms with Gasteiger partial charge in [-0.25, -0.2) is 14.8 Å². The van der Waals surface area contributed by atoms with Crippen LogP contribution in [0.1, 0.15) is 14.5 Å². The Bertz CT molecular complexity index is 548. The Balaban J connectivity index is 2.42. The average molecular weight is 250 g/mol. The zero-order valence-electron chi connectivity index (χ0n) is 9.30. The second kappa shape index (κ2) is 4.50. The second-order valence-corrected chi connectivity index (χ2v) is 4.59. The number of thiophene rings is 1. The standard InChI is InChI=1S/C11H10N2O3S/c1-6-8(3-9(17-6)11(15)16-2)10-12-4-7(14)5-13-10/h3-5,14H,1-2H3. The van der Waals surface area contributed by atoms with Crippen LogP contribution in [0, 0.1) is 6.92 Å². The molecular weight excluding hydrogens is 240 g/mol. The molecule has 0 atom stereocenters. The van der Waals surface area contributed by atoms with Crippen molar-refractivity contribution in [2.45, 2.75) is 6.92 Å². The fraction of sp³-hybridized carbons (Fsp3) is 0.182. The molecule has 0 aliphatic heterocycles. The first-order chi connectivity index (χ1) is 8.11. The monoisotopic (exact) mass is 250 g/mol. The van der Waals surface area contributed by atoms with E-state index in [0.717, 1.165) is 10.4 Å². The number of hydrogen-bond acceptors (Lipinski definition) is 6. The number of ether oxygens (including phenoxy) is 1. The number of aromatic hydroxyl groups is 1. The van der Waals surface area contributed by atoms with Gasteiger partial charge >= 0.3 is 5.97 Å². The first-order valence-electron chi connectivity index (χ1n) is 4.82. The molecule has 0 aromatic carbocycles. The SMILES string of the molecule is COC(=O)c1cc(-c2ncc(O)cn2)c(C)s1. The van der Waals surface area contributed by atoms with E-state index in [4.69, 9.17) is 5.11 Å². The molecule has 2 aromatic heterocycles. The maximum Gasteiger partial charge on any atom is 0.348 e. The smallest absolute Gasteiger partial charge is 0.348 e. The van der Waals surface area contributed by atoms with Gasteiger partial charge in [-0.3, -0.25) is 0 Å². The number of hydrogen-bond donors (Lipinski definition) is 1. The number of methoxy groups -OCH3 is 1. The fourth-order valence-electron chi connectivity index (χ4n) is 1.37. The van der Waals surface area contributed by atoms with Crippen molar-refractivity contribution in [1.82, 2.24) is 9.97 Å². The highest BCUT2D eigenvalue weighted by molar-refractivity contribution is 7.14. The summed E-state index contributed by atoms with van der Waals surface area (Å²) in [7, 11) is 1.34. The van der Waals surface area contributed by atoms with Crippen LogP contribution in [-0.4, -0.2) is 28.2 Å². The van der Waals surface area contributed by atoms with Crippen molar-refractivity contribution in [1.29, 1.82) is 0 Å². The summed E-state index contributed by atoms with van der Waals surface area (Å²) in [5.74, 6) is 0.115.